The minimum absolute atomic E-state index is 0.0820. The van der Waals surface area contributed by atoms with Crippen LogP contribution >= 0.6 is 0 Å². The number of anilines is 1. The van der Waals surface area contributed by atoms with E-state index in [-0.39, 0.29) is 24.0 Å². The lowest BCUT2D eigenvalue weighted by atomic mass is 10.0. The van der Waals surface area contributed by atoms with E-state index in [9.17, 15) is 4.79 Å². The summed E-state index contributed by atoms with van der Waals surface area (Å²) in [6.45, 7) is 11.0. The molecule has 8 heteroatoms. The van der Waals surface area contributed by atoms with Crippen molar-refractivity contribution in [1.29, 1.82) is 0 Å². The molecule has 2 aromatic rings. The Balaban J connectivity index is 1.71. The predicted molar refractivity (Wildman–Crippen MR) is 105 cm³/mol. The average molecular weight is 374 g/mol. The molecule has 1 fully saturated rings. The molecule has 2 aromatic heterocycles. The molecule has 0 spiro atoms. The van der Waals surface area contributed by atoms with Crippen LogP contribution in [0.3, 0.4) is 0 Å². The van der Waals surface area contributed by atoms with Gasteiger partial charge in [0.15, 0.2) is 5.65 Å². The molecular formula is C19H30N6O2. The van der Waals surface area contributed by atoms with Gasteiger partial charge in [-0.1, -0.05) is 13.8 Å². The third-order valence-corrected chi connectivity index (χ3v) is 5.11. The van der Waals surface area contributed by atoms with Crippen molar-refractivity contribution in [3.63, 3.8) is 0 Å². The topological polar surface area (TPSA) is 85.2 Å². The quantitative estimate of drug-likeness (QED) is 0.798. The summed E-state index contributed by atoms with van der Waals surface area (Å²) in [5.74, 6) is 1.09. The highest BCUT2D eigenvalue weighted by molar-refractivity contribution is 5.86. The maximum Gasteiger partial charge on any atom is 0.223 e. The van der Waals surface area contributed by atoms with Crippen molar-refractivity contribution in [1.82, 2.24) is 25.1 Å². The first-order valence-corrected chi connectivity index (χ1v) is 9.88. The van der Waals surface area contributed by atoms with Crippen LogP contribution in [0.15, 0.2) is 12.5 Å². The van der Waals surface area contributed by atoms with E-state index in [0.29, 0.717) is 13.1 Å². The largest absolute Gasteiger partial charge is 0.372 e. The molecule has 1 aliphatic rings. The molecule has 1 aliphatic heterocycles. The molecule has 0 bridgehead atoms. The minimum atomic E-state index is 0.0820. The van der Waals surface area contributed by atoms with Crippen molar-refractivity contribution in [3.05, 3.63) is 12.5 Å². The van der Waals surface area contributed by atoms with Gasteiger partial charge >= 0.3 is 0 Å². The smallest absolute Gasteiger partial charge is 0.223 e. The van der Waals surface area contributed by atoms with Crippen molar-refractivity contribution in [3.8, 4) is 0 Å². The Bertz CT molecular complexity index is 763. The van der Waals surface area contributed by atoms with Gasteiger partial charge in [-0.2, -0.15) is 5.10 Å². The molecule has 0 radical (unpaired) electrons. The lowest BCUT2D eigenvalue weighted by Crippen LogP contribution is -2.45. The molecule has 148 valence electrons. The molecular weight excluding hydrogens is 344 g/mol. The number of ether oxygens (including phenoxy) is 1. The van der Waals surface area contributed by atoms with E-state index < -0.39 is 0 Å². The van der Waals surface area contributed by atoms with Crippen molar-refractivity contribution < 1.29 is 9.53 Å². The fourth-order valence-corrected chi connectivity index (χ4v) is 3.74. The summed E-state index contributed by atoms with van der Waals surface area (Å²) in [4.78, 5) is 23.3. The second-order valence-electron chi connectivity index (χ2n) is 7.27. The molecule has 1 amide bonds. The van der Waals surface area contributed by atoms with Gasteiger partial charge in [0.1, 0.15) is 12.1 Å². The lowest BCUT2D eigenvalue weighted by Gasteiger charge is -2.36. The first-order valence-electron chi connectivity index (χ1n) is 9.88. The zero-order valence-electron chi connectivity index (χ0n) is 16.7. The van der Waals surface area contributed by atoms with Crippen LogP contribution < -0.4 is 10.2 Å². The summed E-state index contributed by atoms with van der Waals surface area (Å²) in [6.07, 6.45) is 5.45. The summed E-state index contributed by atoms with van der Waals surface area (Å²) >= 11 is 0. The van der Waals surface area contributed by atoms with Crippen molar-refractivity contribution in [2.75, 3.05) is 24.5 Å². The Labute approximate surface area is 160 Å². The number of rotatable bonds is 7. The molecule has 0 aromatic carbocycles. The van der Waals surface area contributed by atoms with Crippen molar-refractivity contribution in [2.24, 2.45) is 5.92 Å². The van der Waals surface area contributed by atoms with Gasteiger partial charge in [-0.3, -0.25) is 4.79 Å². The first kappa shape index (κ1) is 19.5. The fraction of sp³-hybridized carbons (Fsp3) is 0.684. The van der Waals surface area contributed by atoms with E-state index in [2.05, 4.69) is 39.1 Å². The molecule has 2 atom stereocenters. The summed E-state index contributed by atoms with van der Waals surface area (Å²) in [6, 6.07) is 0. The van der Waals surface area contributed by atoms with Crippen LogP contribution in [-0.4, -0.2) is 57.5 Å². The summed E-state index contributed by atoms with van der Waals surface area (Å²) in [5.41, 5.74) is 0.795. The number of nitrogens with zero attached hydrogens (tertiary/aromatic N) is 5. The number of hydrogen-bond donors (Lipinski definition) is 1. The van der Waals surface area contributed by atoms with Gasteiger partial charge in [0.05, 0.1) is 30.3 Å². The van der Waals surface area contributed by atoms with Crippen LogP contribution in [0.25, 0.3) is 11.0 Å². The standard InChI is InChI=1S/C19H30N6O2/c1-5-15(6-2)19(26)20-7-8-25-18-16(9-23-25)17(21-12-22-18)24-10-13(3)27-14(4)11-24/h9,12-15H,5-8,10-11H2,1-4H3,(H,20,26). The van der Waals surface area contributed by atoms with E-state index in [0.717, 1.165) is 42.8 Å². The molecule has 3 heterocycles. The highest BCUT2D eigenvalue weighted by atomic mass is 16.5. The van der Waals surface area contributed by atoms with Crippen molar-refractivity contribution >= 4 is 22.8 Å². The molecule has 27 heavy (non-hydrogen) atoms. The molecule has 2 unspecified atom stereocenters. The van der Waals surface area contributed by atoms with E-state index >= 15 is 0 Å². The second kappa shape index (κ2) is 8.65. The molecule has 0 aliphatic carbocycles. The number of aromatic nitrogens is 4. The second-order valence-corrected chi connectivity index (χ2v) is 7.27. The third-order valence-electron chi connectivity index (χ3n) is 5.11. The normalized spacial score (nSPS) is 20.4. The van der Waals surface area contributed by atoms with Crippen LogP contribution in [0.4, 0.5) is 5.82 Å². The summed E-state index contributed by atoms with van der Waals surface area (Å²) < 4.78 is 7.66. The number of nitrogens with one attached hydrogen (secondary N) is 1. The van der Waals surface area contributed by atoms with Crippen molar-refractivity contribution in [2.45, 2.75) is 59.3 Å². The number of hydrogen-bond acceptors (Lipinski definition) is 6. The Kier molecular flexibility index (Phi) is 6.26. The summed E-state index contributed by atoms with van der Waals surface area (Å²) in [5, 5.41) is 8.42. The Morgan fingerprint density at radius 3 is 2.63 bits per heavy atom. The lowest BCUT2D eigenvalue weighted by molar-refractivity contribution is -0.125. The fourth-order valence-electron chi connectivity index (χ4n) is 3.74. The molecule has 3 rings (SSSR count). The van der Waals surface area contributed by atoms with E-state index in [1.807, 2.05) is 24.7 Å². The zero-order chi connectivity index (χ0) is 19.4. The molecule has 1 N–H and O–H groups in total. The van der Waals surface area contributed by atoms with E-state index in [1.54, 1.807) is 6.33 Å². The monoisotopic (exact) mass is 374 g/mol. The van der Waals surface area contributed by atoms with Crippen LogP contribution in [0, 0.1) is 5.92 Å². The first-order chi connectivity index (χ1) is 13.0. The SMILES string of the molecule is CCC(CC)C(=O)NCCn1ncc2c(N3CC(C)OC(C)C3)ncnc21. The van der Waals surface area contributed by atoms with Crippen LogP contribution in [0.5, 0.6) is 0 Å². The minimum Gasteiger partial charge on any atom is -0.372 e. The summed E-state index contributed by atoms with van der Waals surface area (Å²) in [7, 11) is 0. The zero-order valence-corrected chi connectivity index (χ0v) is 16.7. The molecule has 8 nitrogen and oxygen atoms in total. The molecule has 0 saturated carbocycles. The Morgan fingerprint density at radius 1 is 1.26 bits per heavy atom. The van der Waals surface area contributed by atoms with Crippen LogP contribution in [0.1, 0.15) is 40.5 Å². The third kappa shape index (κ3) is 4.37. The predicted octanol–water partition coefficient (Wildman–Crippen LogP) is 1.99. The highest BCUT2D eigenvalue weighted by Gasteiger charge is 2.25. The highest BCUT2D eigenvalue weighted by Crippen LogP contribution is 2.25. The number of fused-ring (bicyclic) bond motifs is 1. The van der Waals surface area contributed by atoms with Gasteiger partial charge in [0.25, 0.3) is 0 Å². The number of carbonyl (C=O) groups is 1. The van der Waals surface area contributed by atoms with Gasteiger partial charge in [0.2, 0.25) is 5.91 Å². The number of carbonyl (C=O) groups excluding carboxylic acids is 1. The Morgan fingerprint density at radius 2 is 1.96 bits per heavy atom. The van der Waals surface area contributed by atoms with Crippen LogP contribution in [0.2, 0.25) is 0 Å². The average Bonchev–Trinajstić information content (AvgIpc) is 3.05. The maximum absolute atomic E-state index is 12.1. The van der Waals surface area contributed by atoms with Gasteiger partial charge in [-0.05, 0) is 26.7 Å². The van der Waals surface area contributed by atoms with E-state index in [4.69, 9.17) is 4.74 Å². The van der Waals surface area contributed by atoms with Gasteiger partial charge in [0, 0.05) is 25.6 Å². The number of amides is 1. The van der Waals surface area contributed by atoms with E-state index in [1.165, 1.54) is 0 Å². The van der Waals surface area contributed by atoms with Crippen LogP contribution in [-0.2, 0) is 16.1 Å². The molecule has 1 saturated heterocycles. The van der Waals surface area contributed by atoms with Gasteiger partial charge < -0.3 is 15.0 Å². The van der Waals surface area contributed by atoms with Gasteiger partial charge in [-0.25, -0.2) is 14.6 Å². The number of morpholine rings is 1. The maximum atomic E-state index is 12.1. The Hall–Kier alpha value is -2.22. The van der Waals surface area contributed by atoms with Gasteiger partial charge in [-0.15, -0.1) is 0 Å².